The lowest BCUT2D eigenvalue weighted by molar-refractivity contribution is -0.139. The summed E-state index contributed by atoms with van der Waals surface area (Å²) < 4.78 is 13.2. The van der Waals surface area contributed by atoms with Crippen molar-refractivity contribution in [1.29, 1.82) is 5.26 Å². The Morgan fingerprint density at radius 3 is 2.74 bits per heavy atom. The van der Waals surface area contributed by atoms with Crippen molar-refractivity contribution in [2.45, 2.75) is 44.4 Å². The van der Waals surface area contributed by atoms with Crippen molar-refractivity contribution in [3.8, 4) is 6.07 Å². The van der Waals surface area contributed by atoms with Gasteiger partial charge >= 0.3 is 5.97 Å². The van der Waals surface area contributed by atoms with E-state index in [-0.39, 0.29) is 31.8 Å². The first-order valence-corrected chi connectivity index (χ1v) is 6.05. The Hall–Kier alpha value is -1.68. The number of likely N-dealkylation sites (tertiary alicyclic amines) is 1. The summed E-state index contributed by atoms with van der Waals surface area (Å²) in [6.07, 6.45) is -1.25. The summed E-state index contributed by atoms with van der Waals surface area (Å²) in [5.41, 5.74) is -0.738. The molecule has 1 aliphatic rings. The molecule has 0 aromatic heterocycles. The number of halogens is 1. The second-order valence-corrected chi connectivity index (χ2v) is 5.33. The van der Waals surface area contributed by atoms with Gasteiger partial charge in [-0.15, -0.1) is 0 Å². The SMILES string of the molecule is CC(C)(CC(=O)O)NCC(=O)N1C[C@@H](F)C[C@H]1C#N. The predicted molar refractivity (Wildman–Crippen MR) is 65.0 cm³/mol. The van der Waals surface area contributed by atoms with E-state index >= 15 is 0 Å². The zero-order valence-electron chi connectivity index (χ0n) is 11.0. The Morgan fingerprint density at radius 2 is 2.21 bits per heavy atom. The molecule has 0 aromatic rings. The van der Waals surface area contributed by atoms with E-state index in [1.165, 1.54) is 4.90 Å². The summed E-state index contributed by atoms with van der Waals surface area (Å²) in [6, 6.07) is 1.17. The molecule has 1 amide bonds. The third-order valence-corrected chi connectivity index (χ3v) is 3.03. The van der Waals surface area contributed by atoms with Gasteiger partial charge in [0.1, 0.15) is 12.2 Å². The van der Waals surface area contributed by atoms with Gasteiger partial charge in [0, 0.05) is 12.0 Å². The Morgan fingerprint density at radius 1 is 1.58 bits per heavy atom. The number of carboxylic acid groups (broad SMARTS) is 1. The molecule has 0 aromatic carbocycles. The molecule has 7 heteroatoms. The smallest absolute Gasteiger partial charge is 0.305 e. The molecule has 0 aliphatic carbocycles. The summed E-state index contributed by atoms with van der Waals surface area (Å²) in [7, 11) is 0. The van der Waals surface area contributed by atoms with Crippen LogP contribution < -0.4 is 5.32 Å². The molecule has 1 fully saturated rings. The van der Waals surface area contributed by atoms with Crippen LogP contribution in [0.5, 0.6) is 0 Å². The quantitative estimate of drug-likeness (QED) is 0.749. The number of hydrogen-bond donors (Lipinski definition) is 2. The van der Waals surface area contributed by atoms with Crippen LogP contribution in [0.3, 0.4) is 0 Å². The van der Waals surface area contributed by atoms with Crippen LogP contribution in [-0.2, 0) is 9.59 Å². The number of aliphatic carboxylic acids is 1. The van der Waals surface area contributed by atoms with Gasteiger partial charge in [0.25, 0.3) is 0 Å². The molecule has 6 nitrogen and oxygen atoms in total. The lowest BCUT2D eigenvalue weighted by atomic mass is 10.0. The van der Waals surface area contributed by atoms with Crippen molar-refractivity contribution < 1.29 is 19.1 Å². The van der Waals surface area contributed by atoms with E-state index in [1.54, 1.807) is 13.8 Å². The maximum absolute atomic E-state index is 13.2. The fourth-order valence-corrected chi connectivity index (χ4v) is 2.04. The van der Waals surface area contributed by atoms with E-state index in [4.69, 9.17) is 10.4 Å². The number of alkyl halides is 1. The van der Waals surface area contributed by atoms with Gasteiger partial charge in [-0.3, -0.25) is 9.59 Å². The highest BCUT2D eigenvalue weighted by molar-refractivity contribution is 5.79. The van der Waals surface area contributed by atoms with Gasteiger partial charge in [-0.2, -0.15) is 5.26 Å². The van der Waals surface area contributed by atoms with Crippen LogP contribution in [0.25, 0.3) is 0 Å². The molecular weight excluding hydrogens is 253 g/mol. The van der Waals surface area contributed by atoms with Crippen LogP contribution in [0.1, 0.15) is 26.7 Å². The number of nitrogens with zero attached hydrogens (tertiary/aromatic N) is 2. The lowest BCUT2D eigenvalue weighted by Crippen LogP contribution is -2.48. The third kappa shape index (κ3) is 4.48. The molecule has 0 bridgehead atoms. The number of nitriles is 1. The monoisotopic (exact) mass is 271 g/mol. The molecule has 1 saturated heterocycles. The van der Waals surface area contributed by atoms with E-state index in [0.29, 0.717) is 0 Å². The van der Waals surface area contributed by atoms with Gasteiger partial charge in [-0.05, 0) is 13.8 Å². The second-order valence-electron chi connectivity index (χ2n) is 5.33. The molecule has 1 aliphatic heterocycles. The summed E-state index contributed by atoms with van der Waals surface area (Å²) in [6.45, 7) is 3.15. The number of carboxylic acids is 1. The highest BCUT2D eigenvalue weighted by Crippen LogP contribution is 2.20. The molecule has 0 saturated carbocycles. The van der Waals surface area contributed by atoms with E-state index in [1.807, 2.05) is 6.07 Å². The minimum Gasteiger partial charge on any atom is -0.481 e. The Labute approximate surface area is 111 Å². The average molecular weight is 271 g/mol. The van der Waals surface area contributed by atoms with Crippen LogP contribution in [0, 0.1) is 11.3 Å². The van der Waals surface area contributed by atoms with Crippen molar-refractivity contribution in [1.82, 2.24) is 10.2 Å². The summed E-state index contributed by atoms with van der Waals surface area (Å²) >= 11 is 0. The molecule has 0 spiro atoms. The largest absolute Gasteiger partial charge is 0.481 e. The van der Waals surface area contributed by atoms with Crippen LogP contribution in [0.2, 0.25) is 0 Å². The third-order valence-electron chi connectivity index (χ3n) is 3.03. The zero-order valence-corrected chi connectivity index (χ0v) is 11.0. The van der Waals surface area contributed by atoms with Crippen molar-refractivity contribution in [2.24, 2.45) is 0 Å². The molecule has 2 atom stereocenters. The first kappa shape index (κ1) is 15.4. The van der Waals surface area contributed by atoms with Crippen LogP contribution in [0.15, 0.2) is 0 Å². The van der Waals surface area contributed by atoms with E-state index in [0.717, 1.165) is 0 Å². The lowest BCUT2D eigenvalue weighted by Gasteiger charge is -2.26. The summed E-state index contributed by atoms with van der Waals surface area (Å²) in [5, 5.41) is 20.4. The standard InChI is InChI=1S/C12H18FN3O3/c1-12(2,4-11(18)19)15-6-10(17)16-7-8(13)3-9(16)5-14/h8-9,15H,3-4,6-7H2,1-2H3,(H,18,19)/t8-,9-/m0/s1. The van der Waals surface area contributed by atoms with Gasteiger partial charge in [-0.25, -0.2) is 4.39 Å². The van der Waals surface area contributed by atoms with Gasteiger partial charge in [0.2, 0.25) is 5.91 Å². The first-order chi connectivity index (χ1) is 8.75. The van der Waals surface area contributed by atoms with E-state index < -0.39 is 23.7 Å². The molecule has 1 heterocycles. The predicted octanol–water partition coefficient (Wildman–Crippen LogP) is 0.292. The van der Waals surface area contributed by atoms with Crippen molar-refractivity contribution in [3.63, 3.8) is 0 Å². The molecular formula is C12H18FN3O3. The molecule has 0 radical (unpaired) electrons. The number of carbonyl (C=O) groups is 2. The fourth-order valence-electron chi connectivity index (χ4n) is 2.04. The Kier molecular flexibility index (Phi) is 4.84. The zero-order chi connectivity index (χ0) is 14.6. The first-order valence-electron chi connectivity index (χ1n) is 6.05. The average Bonchev–Trinajstić information content (AvgIpc) is 2.66. The number of rotatable bonds is 5. The number of carbonyl (C=O) groups excluding carboxylic acids is 1. The maximum Gasteiger partial charge on any atom is 0.305 e. The maximum atomic E-state index is 13.2. The number of nitrogens with one attached hydrogen (secondary N) is 1. The number of amides is 1. The normalized spacial score (nSPS) is 23.2. The molecule has 0 unspecified atom stereocenters. The van der Waals surface area contributed by atoms with Gasteiger partial charge in [-0.1, -0.05) is 0 Å². The molecule has 106 valence electrons. The van der Waals surface area contributed by atoms with Crippen LogP contribution in [-0.4, -0.2) is 52.7 Å². The van der Waals surface area contributed by atoms with Crippen molar-refractivity contribution in [2.75, 3.05) is 13.1 Å². The second kappa shape index (κ2) is 5.97. The molecule has 1 rings (SSSR count). The van der Waals surface area contributed by atoms with Gasteiger partial charge in [0.05, 0.1) is 25.6 Å². The number of hydrogen-bond acceptors (Lipinski definition) is 4. The van der Waals surface area contributed by atoms with Crippen LogP contribution >= 0.6 is 0 Å². The highest BCUT2D eigenvalue weighted by Gasteiger charge is 2.35. The van der Waals surface area contributed by atoms with Gasteiger partial charge < -0.3 is 15.3 Å². The summed E-state index contributed by atoms with van der Waals surface area (Å²) in [4.78, 5) is 23.7. The molecule has 19 heavy (non-hydrogen) atoms. The van der Waals surface area contributed by atoms with Gasteiger partial charge in [0.15, 0.2) is 0 Å². The minimum absolute atomic E-state index is 0.0424. The van der Waals surface area contributed by atoms with Crippen LogP contribution in [0.4, 0.5) is 4.39 Å². The Bertz CT molecular complexity index is 406. The topological polar surface area (TPSA) is 93.4 Å². The molecule has 2 N–H and O–H groups in total. The fraction of sp³-hybridized carbons (Fsp3) is 0.750. The Balaban J connectivity index is 2.52. The summed E-state index contributed by atoms with van der Waals surface area (Å²) in [5.74, 6) is -1.35. The van der Waals surface area contributed by atoms with E-state index in [2.05, 4.69) is 5.32 Å². The minimum atomic E-state index is -1.17. The highest BCUT2D eigenvalue weighted by atomic mass is 19.1. The van der Waals surface area contributed by atoms with Crippen molar-refractivity contribution >= 4 is 11.9 Å². The van der Waals surface area contributed by atoms with Crippen molar-refractivity contribution in [3.05, 3.63) is 0 Å². The van der Waals surface area contributed by atoms with E-state index in [9.17, 15) is 14.0 Å².